The van der Waals surface area contributed by atoms with Crippen LogP contribution in [0.5, 0.6) is 11.5 Å². The highest BCUT2D eigenvalue weighted by molar-refractivity contribution is 8.05. The minimum Gasteiger partial charge on any atom is -0.457 e. The van der Waals surface area contributed by atoms with Gasteiger partial charge in [-0.1, -0.05) is 115 Å². The van der Waals surface area contributed by atoms with Crippen LogP contribution in [0.1, 0.15) is 22.3 Å². The fraction of sp³-hybridized carbons (Fsp3) is 0.100. The van der Waals surface area contributed by atoms with Crippen LogP contribution < -0.4 is 4.74 Å². The van der Waals surface area contributed by atoms with Gasteiger partial charge in [-0.05, 0) is 113 Å². The molecule has 208 valence electrons. The number of rotatable bonds is 4. The Balaban J connectivity index is 0.999. The summed E-state index contributed by atoms with van der Waals surface area (Å²) in [7, 11) is 0. The number of ether oxygens (including phenoxy) is 1. The third-order valence-corrected chi connectivity index (χ3v) is 11.1. The van der Waals surface area contributed by atoms with Crippen molar-refractivity contribution in [2.75, 3.05) is 0 Å². The van der Waals surface area contributed by atoms with Crippen LogP contribution in [-0.2, 0) is 25.7 Å². The maximum Gasteiger partial charge on any atom is 0.127 e. The first-order valence-electron chi connectivity index (χ1n) is 14.9. The summed E-state index contributed by atoms with van der Waals surface area (Å²) in [5.74, 6) is 1.70. The lowest BCUT2D eigenvalue weighted by Gasteiger charge is -2.21. The van der Waals surface area contributed by atoms with Crippen LogP contribution in [0, 0.1) is 0 Å². The Labute approximate surface area is 262 Å². The molecule has 43 heavy (non-hydrogen) atoms. The van der Waals surface area contributed by atoms with E-state index in [1.807, 2.05) is 23.5 Å². The predicted molar refractivity (Wildman–Crippen MR) is 180 cm³/mol. The minimum absolute atomic E-state index is 0.845. The molecule has 3 heteroatoms. The lowest BCUT2D eigenvalue weighted by atomic mass is 9.85. The Hall–Kier alpha value is -4.18. The average molecular weight is 591 g/mol. The van der Waals surface area contributed by atoms with Crippen LogP contribution in [0.2, 0.25) is 0 Å². The van der Waals surface area contributed by atoms with Crippen LogP contribution >= 0.6 is 23.5 Å². The van der Waals surface area contributed by atoms with Gasteiger partial charge in [0.25, 0.3) is 0 Å². The SMILES string of the molecule is c1ccc2c(c1)CCc1cccc(-c3ccc(Oc4ccc(-c5cccc6c5Sc5ccccc5S6)cc4)cc3)c1CC2. The van der Waals surface area contributed by atoms with Gasteiger partial charge in [0, 0.05) is 19.6 Å². The van der Waals surface area contributed by atoms with Crippen LogP contribution in [-0.4, -0.2) is 0 Å². The summed E-state index contributed by atoms with van der Waals surface area (Å²) < 4.78 is 6.30. The van der Waals surface area contributed by atoms with Crippen LogP contribution in [0.25, 0.3) is 22.3 Å². The van der Waals surface area contributed by atoms with Gasteiger partial charge in [0.05, 0.1) is 0 Å². The molecular weight excluding hydrogens is 561 g/mol. The van der Waals surface area contributed by atoms with Gasteiger partial charge in [0.15, 0.2) is 0 Å². The van der Waals surface area contributed by atoms with E-state index in [0.717, 1.165) is 37.2 Å². The molecule has 0 saturated carbocycles. The second-order valence-corrected chi connectivity index (χ2v) is 13.3. The summed E-state index contributed by atoms with van der Waals surface area (Å²) in [6, 6.07) is 48.1. The van der Waals surface area contributed by atoms with E-state index in [1.165, 1.54) is 64.1 Å². The first-order chi connectivity index (χ1) is 21.3. The molecule has 1 aliphatic heterocycles. The smallest absolute Gasteiger partial charge is 0.127 e. The quantitative estimate of drug-likeness (QED) is 0.202. The fourth-order valence-corrected chi connectivity index (χ4v) is 8.73. The van der Waals surface area contributed by atoms with E-state index in [0.29, 0.717) is 0 Å². The van der Waals surface area contributed by atoms with Gasteiger partial charge in [-0.25, -0.2) is 0 Å². The van der Waals surface area contributed by atoms with Crippen molar-refractivity contribution in [2.45, 2.75) is 45.3 Å². The van der Waals surface area contributed by atoms with Crippen molar-refractivity contribution in [3.05, 3.63) is 156 Å². The molecule has 1 nitrogen and oxygen atoms in total. The van der Waals surface area contributed by atoms with E-state index in [4.69, 9.17) is 4.74 Å². The zero-order chi connectivity index (χ0) is 28.6. The minimum atomic E-state index is 0.845. The molecule has 0 bridgehead atoms. The summed E-state index contributed by atoms with van der Waals surface area (Å²) >= 11 is 3.72. The number of fused-ring (bicyclic) bond motifs is 4. The third kappa shape index (κ3) is 5.29. The Morgan fingerprint density at radius 3 is 1.63 bits per heavy atom. The number of hydrogen-bond acceptors (Lipinski definition) is 3. The van der Waals surface area contributed by atoms with Crippen LogP contribution in [0.4, 0.5) is 0 Å². The normalized spacial score (nSPS) is 13.5. The molecule has 0 atom stereocenters. The van der Waals surface area contributed by atoms with Gasteiger partial charge in [-0.3, -0.25) is 0 Å². The van der Waals surface area contributed by atoms with E-state index >= 15 is 0 Å². The molecular formula is C40H30OS2. The largest absolute Gasteiger partial charge is 0.457 e. The molecule has 6 aromatic rings. The summed E-state index contributed by atoms with van der Waals surface area (Å²) in [6.07, 6.45) is 4.36. The molecule has 0 spiro atoms. The molecule has 1 heterocycles. The Kier molecular flexibility index (Phi) is 7.06. The van der Waals surface area contributed by atoms with Gasteiger partial charge >= 0.3 is 0 Å². The van der Waals surface area contributed by atoms with E-state index in [1.54, 1.807) is 0 Å². The summed E-state index contributed by atoms with van der Waals surface area (Å²) in [4.78, 5) is 5.30. The van der Waals surface area contributed by atoms with E-state index in [9.17, 15) is 0 Å². The number of aryl methyl sites for hydroxylation is 3. The van der Waals surface area contributed by atoms with Crippen molar-refractivity contribution in [1.29, 1.82) is 0 Å². The van der Waals surface area contributed by atoms with Crippen LogP contribution in [0.3, 0.4) is 0 Å². The topological polar surface area (TPSA) is 9.23 Å². The standard InChI is InChI=1S/C40H30OS2/c1-2-8-28-21-26-35-29(16-15-27(28)7-1)9-5-10-34(35)30-17-22-32(23-18-30)41-33-24-19-31(20-25-33)36-11-6-14-39-40(36)43-38-13-4-3-12-37(38)42-39/h1-14,17-20,22-25H,15-16,21,26H2. The Morgan fingerprint density at radius 2 is 0.907 bits per heavy atom. The molecule has 0 N–H and O–H groups in total. The van der Waals surface area contributed by atoms with E-state index in [2.05, 4.69) is 133 Å². The zero-order valence-corrected chi connectivity index (χ0v) is 25.4. The highest BCUT2D eigenvalue weighted by Gasteiger charge is 2.20. The summed E-state index contributed by atoms with van der Waals surface area (Å²) in [6.45, 7) is 0. The lowest BCUT2D eigenvalue weighted by molar-refractivity contribution is 0.483. The average Bonchev–Trinajstić information content (AvgIpc) is 3.05. The Morgan fingerprint density at radius 1 is 0.395 bits per heavy atom. The van der Waals surface area contributed by atoms with Crippen molar-refractivity contribution in [3.8, 4) is 33.8 Å². The van der Waals surface area contributed by atoms with E-state index < -0.39 is 0 Å². The third-order valence-electron chi connectivity index (χ3n) is 8.53. The number of hydrogen-bond donors (Lipinski definition) is 0. The van der Waals surface area contributed by atoms with Gasteiger partial charge < -0.3 is 4.74 Å². The molecule has 2 aliphatic rings. The summed E-state index contributed by atoms with van der Waals surface area (Å²) in [5.41, 5.74) is 11.0. The Bertz CT molecular complexity index is 1940. The molecule has 0 amide bonds. The number of benzene rings is 6. The highest BCUT2D eigenvalue weighted by Crippen LogP contribution is 2.51. The monoisotopic (exact) mass is 590 g/mol. The maximum atomic E-state index is 6.30. The molecule has 0 unspecified atom stereocenters. The molecule has 6 aromatic carbocycles. The summed E-state index contributed by atoms with van der Waals surface area (Å²) in [5, 5.41) is 0. The second-order valence-electron chi connectivity index (χ2n) is 11.1. The first-order valence-corrected chi connectivity index (χ1v) is 16.6. The fourth-order valence-electron chi connectivity index (χ4n) is 6.33. The van der Waals surface area contributed by atoms with Crippen LogP contribution in [0.15, 0.2) is 153 Å². The molecule has 0 saturated heterocycles. The molecule has 1 aliphatic carbocycles. The van der Waals surface area contributed by atoms with E-state index in [-0.39, 0.29) is 0 Å². The van der Waals surface area contributed by atoms with Crippen molar-refractivity contribution in [1.82, 2.24) is 0 Å². The van der Waals surface area contributed by atoms with Crippen molar-refractivity contribution in [3.63, 3.8) is 0 Å². The molecule has 0 aromatic heterocycles. The first kappa shape index (κ1) is 26.4. The van der Waals surface area contributed by atoms with Gasteiger partial charge in [-0.2, -0.15) is 0 Å². The predicted octanol–water partition coefficient (Wildman–Crippen LogP) is 11.3. The zero-order valence-electron chi connectivity index (χ0n) is 23.8. The van der Waals surface area contributed by atoms with Gasteiger partial charge in [0.1, 0.15) is 11.5 Å². The highest BCUT2D eigenvalue weighted by atomic mass is 32.2. The maximum absolute atomic E-state index is 6.30. The second kappa shape index (κ2) is 11.5. The molecule has 0 radical (unpaired) electrons. The van der Waals surface area contributed by atoms with Gasteiger partial charge in [-0.15, -0.1) is 0 Å². The van der Waals surface area contributed by atoms with Crippen molar-refractivity contribution < 1.29 is 4.74 Å². The van der Waals surface area contributed by atoms with Gasteiger partial charge in [0.2, 0.25) is 0 Å². The van der Waals surface area contributed by atoms with Crippen molar-refractivity contribution in [2.24, 2.45) is 0 Å². The molecule has 0 fully saturated rings. The molecule has 8 rings (SSSR count). The van der Waals surface area contributed by atoms with Crippen molar-refractivity contribution >= 4 is 23.5 Å². The lowest BCUT2D eigenvalue weighted by Crippen LogP contribution is -2.07.